The Morgan fingerprint density at radius 3 is 2.85 bits per heavy atom. The van der Waals surface area contributed by atoms with Crippen LogP contribution in [0, 0.1) is 0 Å². The summed E-state index contributed by atoms with van der Waals surface area (Å²) in [6.45, 7) is 6.63. The normalized spacial score (nSPS) is 16.0. The van der Waals surface area contributed by atoms with E-state index in [1.54, 1.807) is 13.3 Å². The minimum Gasteiger partial charge on any atom is -0.478 e. The molecule has 0 unspecified atom stereocenters. The highest BCUT2D eigenvalue weighted by Gasteiger charge is 2.22. The minimum absolute atomic E-state index is 0.337. The fourth-order valence-electron chi connectivity index (χ4n) is 3.02. The van der Waals surface area contributed by atoms with Crippen molar-refractivity contribution in [1.82, 2.24) is 15.2 Å². The molecule has 1 aromatic rings. The average molecular weight is 364 g/mol. The first kappa shape index (κ1) is 20.5. The number of hydrogen-bond acceptors (Lipinski definition) is 5. The van der Waals surface area contributed by atoms with Crippen molar-refractivity contribution in [3.05, 3.63) is 23.9 Å². The van der Waals surface area contributed by atoms with E-state index in [9.17, 15) is 0 Å². The van der Waals surface area contributed by atoms with E-state index in [1.807, 2.05) is 26.1 Å². The predicted octanol–water partition coefficient (Wildman–Crippen LogP) is 2.07. The number of nitrogens with zero attached hydrogens (tertiary/aromatic N) is 3. The van der Waals surface area contributed by atoms with Crippen LogP contribution < -0.4 is 10.1 Å². The third-order valence-electron chi connectivity index (χ3n) is 4.37. The monoisotopic (exact) mass is 364 g/mol. The van der Waals surface area contributed by atoms with Crippen LogP contribution in [0.25, 0.3) is 0 Å². The second-order valence-corrected chi connectivity index (χ2v) is 6.21. The van der Waals surface area contributed by atoms with E-state index in [-0.39, 0.29) is 0 Å². The van der Waals surface area contributed by atoms with E-state index in [1.165, 1.54) is 0 Å². The van der Waals surface area contributed by atoms with Crippen molar-refractivity contribution in [2.75, 3.05) is 47.1 Å². The fraction of sp³-hybridized carbons (Fsp3) is 0.684. The van der Waals surface area contributed by atoms with E-state index < -0.39 is 0 Å². The lowest BCUT2D eigenvalue weighted by atomic mass is 10.1. The van der Waals surface area contributed by atoms with Crippen LogP contribution >= 0.6 is 0 Å². The number of pyridine rings is 1. The molecule has 2 rings (SSSR count). The van der Waals surface area contributed by atoms with Crippen LogP contribution in [0.4, 0.5) is 0 Å². The third kappa shape index (κ3) is 6.46. The Balaban J connectivity index is 1.78. The van der Waals surface area contributed by atoms with Crippen molar-refractivity contribution in [3.8, 4) is 5.88 Å². The van der Waals surface area contributed by atoms with Crippen molar-refractivity contribution in [1.29, 1.82) is 0 Å². The number of aliphatic imine (C=N–C) groups is 1. The van der Waals surface area contributed by atoms with Gasteiger partial charge in [0.05, 0.1) is 12.7 Å². The second kappa shape index (κ2) is 11.7. The molecule has 0 amide bonds. The summed E-state index contributed by atoms with van der Waals surface area (Å²) in [5, 5.41) is 3.43. The molecule has 1 aliphatic rings. The van der Waals surface area contributed by atoms with Gasteiger partial charge in [-0.15, -0.1) is 0 Å². The first-order valence-electron chi connectivity index (χ1n) is 9.41. The molecule has 26 heavy (non-hydrogen) atoms. The molecule has 1 fully saturated rings. The molecule has 1 N–H and O–H groups in total. The average Bonchev–Trinajstić information content (AvgIpc) is 2.68. The molecule has 146 valence electrons. The van der Waals surface area contributed by atoms with Gasteiger partial charge in [0, 0.05) is 58.8 Å². The number of ether oxygens (including phenoxy) is 3. The van der Waals surface area contributed by atoms with Gasteiger partial charge in [-0.25, -0.2) is 4.98 Å². The molecule has 7 heteroatoms. The van der Waals surface area contributed by atoms with Crippen LogP contribution in [0.5, 0.6) is 5.88 Å². The summed E-state index contributed by atoms with van der Waals surface area (Å²) in [7, 11) is 3.54. The summed E-state index contributed by atoms with van der Waals surface area (Å²) in [6.07, 6.45) is 5.08. The molecule has 0 aliphatic carbocycles. The summed E-state index contributed by atoms with van der Waals surface area (Å²) in [5.74, 6) is 1.59. The lowest BCUT2D eigenvalue weighted by molar-refractivity contribution is 0.00989. The molecule has 2 heterocycles. The molecule has 1 saturated heterocycles. The van der Waals surface area contributed by atoms with Crippen LogP contribution in [0.1, 0.15) is 31.7 Å². The van der Waals surface area contributed by atoms with Gasteiger partial charge in [0.1, 0.15) is 0 Å². The predicted molar refractivity (Wildman–Crippen MR) is 103 cm³/mol. The summed E-state index contributed by atoms with van der Waals surface area (Å²) < 4.78 is 16.6. The van der Waals surface area contributed by atoms with Gasteiger partial charge in [-0.3, -0.25) is 4.99 Å². The van der Waals surface area contributed by atoms with Crippen molar-refractivity contribution in [2.45, 2.75) is 38.8 Å². The van der Waals surface area contributed by atoms with Crippen molar-refractivity contribution in [2.24, 2.45) is 4.99 Å². The van der Waals surface area contributed by atoms with Gasteiger partial charge in [-0.05, 0) is 32.3 Å². The molecule has 0 saturated carbocycles. The van der Waals surface area contributed by atoms with E-state index >= 15 is 0 Å². The highest BCUT2D eigenvalue weighted by molar-refractivity contribution is 5.80. The smallest absolute Gasteiger partial charge is 0.218 e. The molecule has 0 radical (unpaired) electrons. The van der Waals surface area contributed by atoms with Crippen LogP contribution in [0.3, 0.4) is 0 Å². The van der Waals surface area contributed by atoms with Crippen LogP contribution in [-0.4, -0.2) is 69.0 Å². The first-order chi connectivity index (χ1) is 12.8. The van der Waals surface area contributed by atoms with Crippen molar-refractivity contribution in [3.63, 3.8) is 0 Å². The quantitative estimate of drug-likeness (QED) is 0.411. The molecular weight excluding hydrogens is 332 g/mol. The Morgan fingerprint density at radius 2 is 2.15 bits per heavy atom. The van der Waals surface area contributed by atoms with Crippen LogP contribution in [-0.2, 0) is 16.0 Å². The molecule has 0 aromatic carbocycles. The Bertz CT molecular complexity index is 545. The van der Waals surface area contributed by atoms with Gasteiger partial charge >= 0.3 is 0 Å². The minimum atomic E-state index is 0.337. The first-order valence-corrected chi connectivity index (χ1v) is 9.41. The molecular formula is C19H32N4O3. The maximum Gasteiger partial charge on any atom is 0.218 e. The zero-order valence-electron chi connectivity index (χ0n) is 16.2. The van der Waals surface area contributed by atoms with Crippen molar-refractivity contribution >= 4 is 5.96 Å². The highest BCUT2D eigenvalue weighted by Crippen LogP contribution is 2.16. The summed E-state index contributed by atoms with van der Waals surface area (Å²) in [5.41, 5.74) is 1.03. The summed E-state index contributed by atoms with van der Waals surface area (Å²) in [6, 6.07) is 3.95. The van der Waals surface area contributed by atoms with Gasteiger partial charge in [-0.1, -0.05) is 6.07 Å². The van der Waals surface area contributed by atoms with E-state index in [2.05, 4.69) is 20.2 Å². The fourth-order valence-corrected chi connectivity index (χ4v) is 3.02. The van der Waals surface area contributed by atoms with E-state index in [4.69, 9.17) is 14.2 Å². The molecule has 0 atom stereocenters. The molecule has 1 aromatic heterocycles. The zero-order chi connectivity index (χ0) is 18.6. The molecule has 1 aliphatic heterocycles. The van der Waals surface area contributed by atoms with Gasteiger partial charge < -0.3 is 24.4 Å². The topological polar surface area (TPSA) is 68.2 Å². The summed E-state index contributed by atoms with van der Waals surface area (Å²) in [4.78, 5) is 11.0. The standard InChI is InChI=1S/C19H32N4O3/c1-4-25-18-16(7-5-10-21-18)15-22-19(20-2)23-11-8-17(9-12-23)26-14-6-13-24-3/h5,7,10,17H,4,6,8-9,11-15H2,1-3H3,(H,20,22). The van der Waals surface area contributed by atoms with E-state index in [0.29, 0.717) is 25.1 Å². The summed E-state index contributed by atoms with van der Waals surface area (Å²) >= 11 is 0. The largest absolute Gasteiger partial charge is 0.478 e. The number of hydrogen-bond donors (Lipinski definition) is 1. The Labute approximate surface area is 156 Å². The Kier molecular flexibility index (Phi) is 9.20. The number of nitrogens with one attached hydrogen (secondary N) is 1. The third-order valence-corrected chi connectivity index (χ3v) is 4.37. The van der Waals surface area contributed by atoms with Gasteiger partial charge in [-0.2, -0.15) is 0 Å². The molecule has 7 nitrogen and oxygen atoms in total. The Hall–Kier alpha value is -1.86. The zero-order valence-corrected chi connectivity index (χ0v) is 16.2. The lowest BCUT2D eigenvalue weighted by Gasteiger charge is -2.34. The van der Waals surface area contributed by atoms with Crippen LogP contribution in [0.2, 0.25) is 0 Å². The van der Waals surface area contributed by atoms with Gasteiger partial charge in [0.2, 0.25) is 5.88 Å². The maximum atomic E-state index is 5.93. The Morgan fingerprint density at radius 1 is 1.35 bits per heavy atom. The number of piperidine rings is 1. The highest BCUT2D eigenvalue weighted by atomic mass is 16.5. The van der Waals surface area contributed by atoms with Crippen LogP contribution in [0.15, 0.2) is 23.3 Å². The number of guanidine groups is 1. The molecule has 0 bridgehead atoms. The molecule has 0 spiro atoms. The van der Waals surface area contributed by atoms with Gasteiger partial charge in [0.25, 0.3) is 0 Å². The number of likely N-dealkylation sites (tertiary alicyclic amines) is 1. The maximum absolute atomic E-state index is 5.93. The number of aromatic nitrogens is 1. The number of methoxy groups -OCH3 is 1. The van der Waals surface area contributed by atoms with Crippen molar-refractivity contribution < 1.29 is 14.2 Å². The lowest BCUT2D eigenvalue weighted by Crippen LogP contribution is -2.46. The van der Waals surface area contributed by atoms with E-state index in [0.717, 1.165) is 57.1 Å². The SMILES string of the molecule is CCOc1ncccc1CNC(=NC)N1CCC(OCCCOC)CC1. The van der Waals surface area contributed by atoms with Gasteiger partial charge in [0.15, 0.2) is 5.96 Å². The number of rotatable bonds is 9. The second-order valence-electron chi connectivity index (χ2n) is 6.21.